The lowest BCUT2D eigenvalue weighted by molar-refractivity contribution is 0.0608. The Morgan fingerprint density at radius 2 is 2.19 bits per heavy atom. The van der Waals surface area contributed by atoms with E-state index in [0.717, 1.165) is 32.2 Å². The van der Waals surface area contributed by atoms with E-state index < -0.39 is 10.0 Å². The molecule has 0 radical (unpaired) electrons. The van der Waals surface area contributed by atoms with Crippen LogP contribution in [0.1, 0.15) is 48.7 Å². The molecule has 3 rings (SSSR count). The number of hydrogen-bond acceptors (Lipinski definition) is 5. The normalized spacial score (nSPS) is 18.0. The Morgan fingerprint density at radius 3 is 2.92 bits per heavy atom. The molecule has 8 heteroatoms. The summed E-state index contributed by atoms with van der Waals surface area (Å²) >= 11 is 0. The average Bonchev–Trinajstić information content (AvgIpc) is 3.20. The molecule has 0 aliphatic carbocycles. The molecule has 2 heterocycles. The van der Waals surface area contributed by atoms with Gasteiger partial charge in [-0.1, -0.05) is 18.1 Å². The molecule has 1 aromatic carbocycles. The zero-order valence-corrected chi connectivity index (χ0v) is 15.5. The molecule has 0 spiro atoms. The first-order valence-corrected chi connectivity index (χ1v) is 10.3. The number of hydrogen-bond donors (Lipinski definition) is 1. The second-order valence-electron chi connectivity index (χ2n) is 6.40. The fourth-order valence-electron chi connectivity index (χ4n) is 3.24. The molecule has 140 valence electrons. The monoisotopic (exact) mass is 377 g/mol. The number of amides is 1. The third kappa shape index (κ3) is 4.13. The molecule has 1 aromatic heterocycles. The summed E-state index contributed by atoms with van der Waals surface area (Å²) in [6.45, 7) is 2.82. The van der Waals surface area contributed by atoms with Crippen molar-refractivity contribution in [2.45, 2.75) is 50.1 Å². The number of nitrogens with zero attached hydrogens (tertiary/aromatic N) is 2. The van der Waals surface area contributed by atoms with Crippen LogP contribution in [0.5, 0.6) is 0 Å². The van der Waals surface area contributed by atoms with Crippen LogP contribution in [0.25, 0.3) is 0 Å². The van der Waals surface area contributed by atoms with E-state index in [4.69, 9.17) is 0 Å². The van der Waals surface area contributed by atoms with Gasteiger partial charge in [-0.25, -0.2) is 13.1 Å². The first-order valence-electron chi connectivity index (χ1n) is 8.81. The minimum Gasteiger partial charge on any atom is -0.364 e. The highest BCUT2D eigenvalue weighted by Gasteiger charge is 2.27. The van der Waals surface area contributed by atoms with Gasteiger partial charge in [0.1, 0.15) is 6.26 Å². The molecule has 1 amide bonds. The molecule has 2 aromatic rings. The van der Waals surface area contributed by atoms with Crippen LogP contribution < -0.4 is 4.72 Å². The van der Waals surface area contributed by atoms with Crippen molar-refractivity contribution in [1.29, 1.82) is 0 Å². The minimum atomic E-state index is -3.74. The summed E-state index contributed by atoms with van der Waals surface area (Å²) in [5.41, 5.74) is 0.884. The summed E-state index contributed by atoms with van der Waals surface area (Å²) in [6.07, 6.45) is 5.40. The van der Waals surface area contributed by atoms with Crippen LogP contribution in [0.15, 0.2) is 46.0 Å². The maximum absolute atomic E-state index is 12.9. The second-order valence-corrected chi connectivity index (χ2v) is 8.17. The van der Waals surface area contributed by atoms with Crippen molar-refractivity contribution < 1.29 is 17.7 Å². The highest BCUT2D eigenvalue weighted by Crippen LogP contribution is 2.22. The number of aromatic nitrogens is 1. The van der Waals surface area contributed by atoms with Crippen LogP contribution in [-0.4, -0.2) is 37.0 Å². The fraction of sp³-hybridized carbons (Fsp3) is 0.444. The first-order chi connectivity index (χ1) is 12.5. The quantitative estimate of drug-likeness (QED) is 0.835. The summed E-state index contributed by atoms with van der Waals surface area (Å²) in [5, 5.41) is 3.67. The van der Waals surface area contributed by atoms with Crippen molar-refractivity contribution in [2.75, 3.05) is 6.54 Å². The van der Waals surface area contributed by atoms with Gasteiger partial charge in [-0.05, 0) is 43.9 Å². The smallest absolute Gasteiger partial charge is 0.254 e. The zero-order valence-electron chi connectivity index (χ0n) is 14.7. The lowest BCUT2D eigenvalue weighted by Gasteiger charge is -2.35. The topological polar surface area (TPSA) is 92.5 Å². The maximum Gasteiger partial charge on any atom is 0.254 e. The molecule has 1 atom stereocenters. The Labute approximate surface area is 153 Å². The van der Waals surface area contributed by atoms with Crippen LogP contribution in [0.2, 0.25) is 0 Å². The number of piperidine rings is 1. The summed E-state index contributed by atoms with van der Waals surface area (Å²) < 4.78 is 32.2. The summed E-state index contributed by atoms with van der Waals surface area (Å²) in [6, 6.07) is 8.00. The molecule has 26 heavy (non-hydrogen) atoms. The molecule has 1 aliphatic rings. The van der Waals surface area contributed by atoms with Crippen molar-refractivity contribution >= 4 is 15.9 Å². The molecule has 1 fully saturated rings. The zero-order chi connectivity index (χ0) is 18.6. The van der Waals surface area contributed by atoms with Crippen LogP contribution in [-0.2, 0) is 16.6 Å². The van der Waals surface area contributed by atoms with Crippen LogP contribution in [0, 0.1) is 0 Å². The van der Waals surface area contributed by atoms with Gasteiger partial charge in [-0.15, -0.1) is 0 Å². The summed E-state index contributed by atoms with van der Waals surface area (Å²) in [7, 11) is -3.74. The average molecular weight is 377 g/mol. The Kier molecular flexibility index (Phi) is 5.73. The van der Waals surface area contributed by atoms with E-state index in [0.29, 0.717) is 11.3 Å². The van der Waals surface area contributed by atoms with E-state index >= 15 is 0 Å². The van der Waals surface area contributed by atoms with Gasteiger partial charge in [-0.2, -0.15) is 0 Å². The van der Waals surface area contributed by atoms with Crippen LogP contribution in [0.3, 0.4) is 0 Å². The van der Waals surface area contributed by atoms with Crippen molar-refractivity contribution in [1.82, 2.24) is 14.8 Å². The lowest BCUT2D eigenvalue weighted by Crippen LogP contribution is -2.43. The number of benzene rings is 1. The van der Waals surface area contributed by atoms with Gasteiger partial charge in [0, 0.05) is 24.2 Å². The minimum absolute atomic E-state index is 0.0288. The van der Waals surface area contributed by atoms with Gasteiger partial charge in [0.15, 0.2) is 0 Å². The van der Waals surface area contributed by atoms with Gasteiger partial charge in [0.25, 0.3) is 5.91 Å². The highest BCUT2D eigenvalue weighted by molar-refractivity contribution is 7.89. The van der Waals surface area contributed by atoms with Crippen LogP contribution in [0.4, 0.5) is 0 Å². The van der Waals surface area contributed by atoms with Gasteiger partial charge in [-0.3, -0.25) is 4.79 Å². The molecule has 1 N–H and O–H groups in total. The largest absolute Gasteiger partial charge is 0.364 e. The number of likely N-dealkylation sites (tertiary alicyclic amines) is 1. The molecule has 1 unspecified atom stereocenters. The molecule has 0 saturated carbocycles. The van der Waals surface area contributed by atoms with Crippen molar-refractivity contribution in [3.05, 3.63) is 47.9 Å². The van der Waals surface area contributed by atoms with Crippen molar-refractivity contribution in [3.63, 3.8) is 0 Å². The standard InChI is InChI=1S/C18H23N3O4S/c1-2-16-7-3-4-10-21(16)18(22)14-6-5-8-17(12-14)26(23,24)19-13-15-9-11-25-20-15/h5-6,8-9,11-12,16,19H,2-4,7,10,13H2,1H3. The number of carbonyl (C=O) groups is 1. The van der Waals surface area contributed by atoms with E-state index in [2.05, 4.69) is 21.3 Å². The van der Waals surface area contributed by atoms with E-state index in [9.17, 15) is 13.2 Å². The Morgan fingerprint density at radius 1 is 1.35 bits per heavy atom. The van der Waals surface area contributed by atoms with E-state index in [1.165, 1.54) is 18.4 Å². The van der Waals surface area contributed by atoms with Gasteiger partial charge in [0.05, 0.1) is 17.1 Å². The predicted molar refractivity (Wildman–Crippen MR) is 95.9 cm³/mol. The van der Waals surface area contributed by atoms with E-state index in [-0.39, 0.29) is 23.4 Å². The Bertz CT molecular complexity index is 849. The molecule has 0 bridgehead atoms. The summed E-state index contributed by atoms with van der Waals surface area (Å²) in [5.74, 6) is -0.106. The first kappa shape index (κ1) is 18.6. The maximum atomic E-state index is 12.9. The van der Waals surface area contributed by atoms with E-state index in [1.54, 1.807) is 18.2 Å². The molecular formula is C18H23N3O4S. The molecular weight excluding hydrogens is 354 g/mol. The number of sulfonamides is 1. The third-order valence-electron chi connectivity index (χ3n) is 4.69. The Balaban J connectivity index is 1.77. The van der Waals surface area contributed by atoms with Gasteiger partial charge in [0.2, 0.25) is 10.0 Å². The SMILES string of the molecule is CCC1CCCCN1C(=O)c1cccc(S(=O)(=O)NCc2ccon2)c1. The van der Waals surface area contributed by atoms with Gasteiger partial charge >= 0.3 is 0 Å². The van der Waals surface area contributed by atoms with Crippen molar-refractivity contribution in [2.24, 2.45) is 0 Å². The number of rotatable bonds is 6. The lowest BCUT2D eigenvalue weighted by atomic mass is 9.99. The predicted octanol–water partition coefficient (Wildman–Crippen LogP) is 2.56. The number of nitrogens with one attached hydrogen (secondary N) is 1. The highest BCUT2D eigenvalue weighted by atomic mass is 32.2. The second kappa shape index (κ2) is 8.01. The molecule has 1 saturated heterocycles. The number of carbonyl (C=O) groups excluding carboxylic acids is 1. The van der Waals surface area contributed by atoms with Crippen molar-refractivity contribution in [3.8, 4) is 0 Å². The van der Waals surface area contributed by atoms with E-state index in [1.807, 2.05) is 4.90 Å². The third-order valence-corrected chi connectivity index (χ3v) is 6.08. The van der Waals surface area contributed by atoms with Crippen LogP contribution >= 0.6 is 0 Å². The summed E-state index contributed by atoms with van der Waals surface area (Å²) in [4.78, 5) is 14.8. The Hall–Kier alpha value is -2.19. The van der Waals surface area contributed by atoms with Gasteiger partial charge < -0.3 is 9.42 Å². The molecule has 1 aliphatic heterocycles. The fourth-order valence-corrected chi connectivity index (χ4v) is 4.28. The molecule has 7 nitrogen and oxygen atoms in total.